The Morgan fingerprint density at radius 2 is 1.48 bits per heavy atom. The zero-order valence-electron chi connectivity index (χ0n) is 15.1. The maximum atomic E-state index is 10.9. The van der Waals surface area contributed by atoms with Crippen LogP contribution in [0, 0.1) is 0 Å². The first-order valence-corrected chi connectivity index (χ1v) is 10.4. The highest BCUT2D eigenvalue weighted by atomic mass is 28.4. The number of carboxylic acid groups (broad SMARTS) is 1. The number of carboxylic acids is 1. The number of hydrogen-bond acceptors (Lipinski definition) is 3. The SMILES string of the molecule is CC(C)(C)[Si](OC[C@@H](N)CC(=O)O)(c1ccccc1)c1ccccc1. The van der Waals surface area contributed by atoms with Crippen LogP contribution in [0.5, 0.6) is 0 Å². The van der Waals surface area contributed by atoms with E-state index in [4.69, 9.17) is 15.3 Å². The second-order valence-electron chi connectivity index (χ2n) is 7.33. The lowest BCUT2D eigenvalue weighted by Crippen LogP contribution is -2.67. The first-order valence-electron chi connectivity index (χ1n) is 8.50. The molecule has 0 spiro atoms. The summed E-state index contributed by atoms with van der Waals surface area (Å²) in [6.45, 7) is 6.77. The van der Waals surface area contributed by atoms with Crippen LogP contribution in [0.3, 0.4) is 0 Å². The van der Waals surface area contributed by atoms with E-state index >= 15 is 0 Å². The Morgan fingerprint density at radius 3 is 1.84 bits per heavy atom. The third-order valence-electron chi connectivity index (χ3n) is 4.37. The van der Waals surface area contributed by atoms with E-state index in [0.29, 0.717) is 0 Å². The maximum absolute atomic E-state index is 10.9. The average Bonchev–Trinajstić information content (AvgIpc) is 2.55. The fourth-order valence-corrected chi connectivity index (χ4v) is 7.90. The van der Waals surface area contributed by atoms with Gasteiger partial charge in [0.15, 0.2) is 0 Å². The predicted octanol–water partition coefficient (Wildman–Crippen LogP) is 2.36. The molecule has 0 radical (unpaired) electrons. The molecule has 0 aliphatic carbocycles. The highest BCUT2D eigenvalue weighted by Gasteiger charge is 2.50. The summed E-state index contributed by atoms with van der Waals surface area (Å²) in [5.74, 6) is -0.904. The van der Waals surface area contributed by atoms with Crippen molar-refractivity contribution in [2.75, 3.05) is 6.61 Å². The molecule has 134 valence electrons. The van der Waals surface area contributed by atoms with Crippen molar-refractivity contribution < 1.29 is 14.3 Å². The van der Waals surface area contributed by atoms with E-state index in [2.05, 4.69) is 45.0 Å². The Labute approximate surface area is 150 Å². The Morgan fingerprint density at radius 1 is 1.04 bits per heavy atom. The summed E-state index contributed by atoms with van der Waals surface area (Å²) in [6.07, 6.45) is -0.0990. The molecule has 0 aliphatic heterocycles. The molecule has 0 heterocycles. The average molecular weight is 358 g/mol. The van der Waals surface area contributed by atoms with Crippen molar-refractivity contribution in [2.24, 2.45) is 5.73 Å². The third kappa shape index (κ3) is 4.37. The van der Waals surface area contributed by atoms with Gasteiger partial charge in [0.1, 0.15) is 0 Å². The minimum atomic E-state index is -2.64. The van der Waals surface area contributed by atoms with Crippen molar-refractivity contribution in [3.05, 3.63) is 60.7 Å². The Hall–Kier alpha value is -1.95. The minimum absolute atomic E-state index is 0.0990. The molecule has 0 saturated carbocycles. The molecule has 5 heteroatoms. The quantitative estimate of drug-likeness (QED) is 0.746. The van der Waals surface area contributed by atoms with Crippen LogP contribution in [0.25, 0.3) is 0 Å². The van der Waals surface area contributed by atoms with Gasteiger partial charge in [-0.15, -0.1) is 0 Å². The summed E-state index contributed by atoms with van der Waals surface area (Å²) in [7, 11) is -2.64. The van der Waals surface area contributed by atoms with E-state index in [9.17, 15) is 4.79 Å². The van der Waals surface area contributed by atoms with Crippen LogP contribution in [-0.4, -0.2) is 32.0 Å². The molecule has 0 bridgehead atoms. The van der Waals surface area contributed by atoms with Crippen molar-refractivity contribution in [2.45, 2.75) is 38.3 Å². The Kier molecular flexibility index (Phi) is 6.16. The normalized spacial score (nSPS) is 13.4. The van der Waals surface area contributed by atoms with Crippen molar-refractivity contribution in [1.82, 2.24) is 0 Å². The van der Waals surface area contributed by atoms with Gasteiger partial charge in [-0.05, 0) is 15.4 Å². The zero-order valence-corrected chi connectivity index (χ0v) is 16.1. The molecule has 0 amide bonds. The zero-order chi connectivity index (χ0) is 18.5. The molecular formula is C20H27NO3Si. The van der Waals surface area contributed by atoms with E-state index in [0.717, 1.165) is 10.4 Å². The molecule has 2 aromatic rings. The van der Waals surface area contributed by atoms with Gasteiger partial charge in [-0.2, -0.15) is 0 Å². The van der Waals surface area contributed by atoms with Crippen molar-refractivity contribution in [3.63, 3.8) is 0 Å². The Bertz CT molecular complexity index is 644. The van der Waals surface area contributed by atoms with Crippen LogP contribution in [0.4, 0.5) is 0 Å². The first-order chi connectivity index (χ1) is 11.8. The van der Waals surface area contributed by atoms with Gasteiger partial charge in [-0.25, -0.2) is 0 Å². The highest BCUT2D eigenvalue weighted by molar-refractivity contribution is 6.99. The van der Waals surface area contributed by atoms with E-state index < -0.39 is 20.3 Å². The number of benzene rings is 2. The summed E-state index contributed by atoms with van der Waals surface area (Å²) in [4.78, 5) is 10.9. The van der Waals surface area contributed by atoms with Gasteiger partial charge >= 0.3 is 5.97 Å². The number of nitrogens with two attached hydrogens (primary N) is 1. The van der Waals surface area contributed by atoms with Gasteiger partial charge in [0, 0.05) is 6.04 Å². The van der Waals surface area contributed by atoms with Crippen LogP contribution in [0.15, 0.2) is 60.7 Å². The molecule has 4 nitrogen and oxygen atoms in total. The molecule has 0 aromatic heterocycles. The van der Waals surface area contributed by atoms with Crippen LogP contribution < -0.4 is 16.1 Å². The first kappa shape index (κ1) is 19.4. The second-order valence-corrected chi connectivity index (χ2v) is 11.6. The largest absolute Gasteiger partial charge is 0.481 e. The van der Waals surface area contributed by atoms with E-state index in [-0.39, 0.29) is 18.1 Å². The van der Waals surface area contributed by atoms with Gasteiger partial charge in [-0.3, -0.25) is 4.79 Å². The minimum Gasteiger partial charge on any atom is -0.481 e. The van der Waals surface area contributed by atoms with E-state index in [1.54, 1.807) is 0 Å². The smallest absolute Gasteiger partial charge is 0.305 e. The maximum Gasteiger partial charge on any atom is 0.305 e. The van der Waals surface area contributed by atoms with Crippen molar-refractivity contribution in [1.29, 1.82) is 0 Å². The van der Waals surface area contributed by atoms with Crippen LogP contribution in [0.1, 0.15) is 27.2 Å². The molecule has 3 N–H and O–H groups in total. The summed E-state index contributed by atoms with van der Waals surface area (Å²) in [6, 6.07) is 20.0. The van der Waals surface area contributed by atoms with Gasteiger partial charge in [0.25, 0.3) is 8.32 Å². The lowest BCUT2D eigenvalue weighted by Gasteiger charge is -2.43. The summed E-state index contributed by atoms with van der Waals surface area (Å²) in [5, 5.41) is 11.2. The molecule has 2 rings (SSSR count). The molecular weight excluding hydrogens is 330 g/mol. The fourth-order valence-electron chi connectivity index (χ4n) is 3.28. The number of aliphatic carboxylic acids is 1. The van der Waals surface area contributed by atoms with E-state index in [1.165, 1.54) is 0 Å². The van der Waals surface area contributed by atoms with Gasteiger partial charge in [0.2, 0.25) is 0 Å². The topological polar surface area (TPSA) is 72.5 Å². The number of carbonyl (C=O) groups is 1. The number of rotatable bonds is 7. The summed E-state index contributed by atoms with van der Waals surface area (Å²) >= 11 is 0. The summed E-state index contributed by atoms with van der Waals surface area (Å²) in [5.41, 5.74) is 6.00. The molecule has 0 aliphatic rings. The molecule has 2 aromatic carbocycles. The Balaban J connectivity index is 2.51. The standard InChI is InChI=1S/C20H27NO3Si/c1-20(2,3)25(17-10-6-4-7-11-17,18-12-8-5-9-13-18)24-15-16(21)14-19(22)23/h4-13,16H,14-15,21H2,1-3H3,(H,22,23)/t16-/m0/s1. The monoisotopic (exact) mass is 357 g/mol. The predicted molar refractivity (Wildman–Crippen MR) is 104 cm³/mol. The molecule has 1 atom stereocenters. The van der Waals surface area contributed by atoms with Crippen LogP contribution >= 0.6 is 0 Å². The van der Waals surface area contributed by atoms with Crippen LogP contribution in [0.2, 0.25) is 5.04 Å². The molecule has 0 unspecified atom stereocenters. The lowest BCUT2D eigenvalue weighted by molar-refractivity contribution is -0.137. The van der Waals surface area contributed by atoms with Gasteiger partial charge in [-0.1, -0.05) is 81.4 Å². The molecule has 25 heavy (non-hydrogen) atoms. The van der Waals surface area contributed by atoms with Crippen molar-refractivity contribution in [3.8, 4) is 0 Å². The molecule has 0 fully saturated rings. The fraction of sp³-hybridized carbons (Fsp3) is 0.350. The van der Waals surface area contributed by atoms with Gasteiger partial charge in [0.05, 0.1) is 13.0 Å². The third-order valence-corrected chi connectivity index (χ3v) is 9.37. The lowest BCUT2D eigenvalue weighted by atomic mass is 10.2. The summed E-state index contributed by atoms with van der Waals surface area (Å²) < 4.78 is 6.58. The van der Waals surface area contributed by atoms with Crippen molar-refractivity contribution >= 4 is 24.7 Å². The second kappa shape index (κ2) is 7.95. The molecule has 0 saturated heterocycles. The number of hydrogen-bond donors (Lipinski definition) is 2. The van der Waals surface area contributed by atoms with Gasteiger partial charge < -0.3 is 15.3 Å². The van der Waals surface area contributed by atoms with E-state index in [1.807, 2.05) is 36.4 Å². The highest BCUT2D eigenvalue weighted by Crippen LogP contribution is 2.36. The van der Waals surface area contributed by atoms with Crippen LogP contribution in [-0.2, 0) is 9.22 Å².